The molecule has 1 aromatic heterocycles. The molecular formula is C16H24N2. The summed E-state index contributed by atoms with van der Waals surface area (Å²) in [6, 6.07) is 6.75. The highest BCUT2D eigenvalue weighted by atomic mass is 15.0. The number of aryl methyl sites for hydroxylation is 2. The number of fused-ring (bicyclic) bond motifs is 1. The minimum absolute atomic E-state index is 0.310. The molecule has 0 saturated heterocycles. The Kier molecular flexibility index (Phi) is 3.02. The summed E-state index contributed by atoms with van der Waals surface area (Å²) in [5.74, 6) is 0.559. The van der Waals surface area contributed by atoms with Gasteiger partial charge in [-0.2, -0.15) is 0 Å². The molecule has 0 aliphatic heterocycles. The second-order valence-electron chi connectivity index (χ2n) is 6.19. The van der Waals surface area contributed by atoms with Gasteiger partial charge < -0.3 is 10.3 Å². The number of hydrogen-bond acceptors (Lipinski definition) is 1. The lowest BCUT2D eigenvalue weighted by Crippen LogP contribution is -2.31. The maximum Gasteiger partial charge on any atom is 0.0509 e. The van der Waals surface area contributed by atoms with Crippen LogP contribution in [0, 0.1) is 6.92 Å². The van der Waals surface area contributed by atoms with E-state index < -0.39 is 0 Å². The summed E-state index contributed by atoms with van der Waals surface area (Å²) >= 11 is 0. The van der Waals surface area contributed by atoms with Crippen LogP contribution in [-0.4, -0.2) is 4.57 Å². The lowest BCUT2D eigenvalue weighted by atomic mass is 9.96. The number of rotatable bonds is 2. The van der Waals surface area contributed by atoms with Crippen LogP contribution in [0.1, 0.15) is 50.4 Å². The molecular weight excluding hydrogens is 220 g/mol. The Bertz CT molecular complexity index is 583. The van der Waals surface area contributed by atoms with Gasteiger partial charge in [0.1, 0.15) is 0 Å². The van der Waals surface area contributed by atoms with Crippen LogP contribution >= 0.6 is 0 Å². The molecule has 2 heteroatoms. The minimum atomic E-state index is -0.310. The van der Waals surface area contributed by atoms with Crippen molar-refractivity contribution in [1.82, 2.24) is 4.57 Å². The molecule has 0 spiro atoms. The lowest BCUT2D eigenvalue weighted by Gasteiger charge is -2.21. The van der Waals surface area contributed by atoms with Gasteiger partial charge in [-0.05, 0) is 49.9 Å². The normalized spacial score (nSPS) is 12.7. The van der Waals surface area contributed by atoms with Crippen LogP contribution in [0.5, 0.6) is 0 Å². The molecule has 1 heterocycles. The van der Waals surface area contributed by atoms with E-state index in [0.29, 0.717) is 5.92 Å². The van der Waals surface area contributed by atoms with E-state index in [9.17, 15) is 0 Å². The molecule has 2 N–H and O–H groups in total. The summed E-state index contributed by atoms with van der Waals surface area (Å²) < 4.78 is 2.23. The van der Waals surface area contributed by atoms with Crippen LogP contribution < -0.4 is 5.73 Å². The van der Waals surface area contributed by atoms with E-state index in [4.69, 9.17) is 5.73 Å². The molecule has 0 saturated carbocycles. The van der Waals surface area contributed by atoms with Crippen LogP contribution in [0.2, 0.25) is 0 Å². The summed E-state index contributed by atoms with van der Waals surface area (Å²) in [5.41, 5.74) is 11.2. The molecule has 0 bridgehead atoms. The highest BCUT2D eigenvalue weighted by Crippen LogP contribution is 2.32. The van der Waals surface area contributed by atoms with E-state index in [-0.39, 0.29) is 5.54 Å². The second-order valence-corrected chi connectivity index (χ2v) is 6.19. The quantitative estimate of drug-likeness (QED) is 0.855. The summed E-state index contributed by atoms with van der Waals surface area (Å²) in [4.78, 5) is 0. The molecule has 0 aliphatic rings. The molecule has 18 heavy (non-hydrogen) atoms. The molecule has 0 aliphatic carbocycles. The first-order valence-electron chi connectivity index (χ1n) is 6.61. The van der Waals surface area contributed by atoms with Gasteiger partial charge in [0.05, 0.1) is 5.54 Å². The van der Waals surface area contributed by atoms with Crippen LogP contribution in [0.25, 0.3) is 10.9 Å². The molecule has 2 rings (SSSR count). The van der Waals surface area contributed by atoms with Crippen molar-refractivity contribution in [3.8, 4) is 0 Å². The summed E-state index contributed by atoms with van der Waals surface area (Å²) in [7, 11) is 2.11. The lowest BCUT2D eigenvalue weighted by molar-refractivity contribution is 0.513. The molecule has 98 valence electrons. The minimum Gasteiger partial charge on any atom is -0.346 e. The monoisotopic (exact) mass is 244 g/mol. The molecule has 0 radical (unpaired) electrons. The molecule has 0 fully saturated rings. The summed E-state index contributed by atoms with van der Waals surface area (Å²) in [6.07, 6.45) is 0. The largest absolute Gasteiger partial charge is 0.346 e. The summed E-state index contributed by atoms with van der Waals surface area (Å²) in [5, 5.41) is 1.33. The van der Waals surface area contributed by atoms with Crippen LogP contribution in [0.3, 0.4) is 0 Å². The van der Waals surface area contributed by atoms with Crippen molar-refractivity contribution in [3.05, 3.63) is 35.0 Å². The first-order chi connectivity index (χ1) is 8.23. The maximum absolute atomic E-state index is 6.30. The zero-order chi connectivity index (χ0) is 13.7. The van der Waals surface area contributed by atoms with E-state index in [1.807, 2.05) is 0 Å². The highest BCUT2D eigenvalue weighted by molar-refractivity contribution is 5.86. The zero-order valence-corrected chi connectivity index (χ0v) is 12.3. The Morgan fingerprint density at radius 2 is 1.83 bits per heavy atom. The third-order valence-corrected chi connectivity index (χ3v) is 3.75. The Labute approximate surface area is 110 Å². The van der Waals surface area contributed by atoms with Crippen LogP contribution in [0.15, 0.2) is 18.2 Å². The molecule has 1 aromatic carbocycles. The van der Waals surface area contributed by atoms with Gasteiger partial charge in [0.2, 0.25) is 0 Å². The highest BCUT2D eigenvalue weighted by Gasteiger charge is 2.23. The van der Waals surface area contributed by atoms with Crippen LogP contribution in [-0.2, 0) is 12.6 Å². The third-order valence-electron chi connectivity index (χ3n) is 3.75. The SMILES string of the molecule is Cc1c(C(C)(C)N)n(C)c2ccc(C(C)C)cc12. The fourth-order valence-electron chi connectivity index (χ4n) is 2.92. The van der Waals surface area contributed by atoms with Gasteiger partial charge >= 0.3 is 0 Å². The zero-order valence-electron chi connectivity index (χ0n) is 12.3. The fourth-order valence-corrected chi connectivity index (χ4v) is 2.92. The Hall–Kier alpha value is -1.28. The number of hydrogen-bond donors (Lipinski definition) is 1. The van der Waals surface area contributed by atoms with E-state index in [1.54, 1.807) is 0 Å². The van der Waals surface area contributed by atoms with Gasteiger partial charge in [0, 0.05) is 23.6 Å². The fraction of sp³-hybridized carbons (Fsp3) is 0.500. The Morgan fingerprint density at radius 1 is 1.22 bits per heavy atom. The first kappa shape index (κ1) is 13.2. The van der Waals surface area contributed by atoms with Gasteiger partial charge in [-0.1, -0.05) is 19.9 Å². The maximum atomic E-state index is 6.30. The second kappa shape index (κ2) is 4.13. The summed E-state index contributed by atoms with van der Waals surface area (Å²) in [6.45, 7) is 10.8. The predicted molar refractivity (Wildman–Crippen MR) is 79.0 cm³/mol. The number of nitrogens with zero attached hydrogens (tertiary/aromatic N) is 1. The van der Waals surface area contributed by atoms with Crippen molar-refractivity contribution in [2.75, 3.05) is 0 Å². The van der Waals surface area contributed by atoms with Gasteiger partial charge in [-0.15, -0.1) is 0 Å². The van der Waals surface area contributed by atoms with Gasteiger partial charge in [0.15, 0.2) is 0 Å². The molecule has 0 unspecified atom stereocenters. The average Bonchev–Trinajstić information content (AvgIpc) is 2.50. The van der Waals surface area contributed by atoms with Gasteiger partial charge in [0.25, 0.3) is 0 Å². The smallest absolute Gasteiger partial charge is 0.0509 e. The van der Waals surface area contributed by atoms with Gasteiger partial charge in [-0.25, -0.2) is 0 Å². The molecule has 0 amide bonds. The third kappa shape index (κ3) is 1.95. The molecule has 2 nitrogen and oxygen atoms in total. The van der Waals surface area contributed by atoms with Crippen molar-refractivity contribution in [1.29, 1.82) is 0 Å². The first-order valence-corrected chi connectivity index (χ1v) is 6.61. The Morgan fingerprint density at radius 3 is 2.33 bits per heavy atom. The van der Waals surface area contributed by atoms with E-state index in [1.165, 1.54) is 27.7 Å². The van der Waals surface area contributed by atoms with Crippen LogP contribution in [0.4, 0.5) is 0 Å². The Balaban J connectivity index is 2.78. The number of benzene rings is 1. The number of aromatic nitrogens is 1. The van der Waals surface area contributed by atoms with E-state index in [0.717, 1.165) is 0 Å². The topological polar surface area (TPSA) is 30.9 Å². The van der Waals surface area contributed by atoms with E-state index >= 15 is 0 Å². The molecule has 2 aromatic rings. The average molecular weight is 244 g/mol. The predicted octanol–water partition coefficient (Wildman–Crippen LogP) is 3.80. The standard InChI is InChI=1S/C16H24N2/c1-10(2)12-7-8-14-13(9-12)11(3)15(18(14)6)16(4,5)17/h7-10H,17H2,1-6H3. The van der Waals surface area contributed by atoms with E-state index in [2.05, 4.69) is 64.4 Å². The van der Waals surface area contributed by atoms with Crippen molar-refractivity contribution in [3.63, 3.8) is 0 Å². The van der Waals surface area contributed by atoms with Crippen molar-refractivity contribution in [2.24, 2.45) is 12.8 Å². The van der Waals surface area contributed by atoms with Crippen molar-refractivity contribution < 1.29 is 0 Å². The molecule has 0 atom stereocenters. The van der Waals surface area contributed by atoms with Gasteiger partial charge in [-0.3, -0.25) is 0 Å². The van der Waals surface area contributed by atoms with Crippen molar-refractivity contribution >= 4 is 10.9 Å². The number of nitrogens with two attached hydrogens (primary N) is 1. The van der Waals surface area contributed by atoms with Crippen molar-refractivity contribution in [2.45, 2.75) is 46.1 Å².